The number of hydrazine groups is 1. The highest BCUT2D eigenvalue weighted by atomic mass is 32.2. The molecule has 2 atom stereocenters. The maximum absolute atomic E-state index is 12.4. The Bertz CT molecular complexity index is 861. The Morgan fingerprint density at radius 3 is 2.16 bits per heavy atom. The van der Waals surface area contributed by atoms with E-state index < -0.39 is 11.5 Å². The number of nitrogens with one attached hydrogen (secondary N) is 4. The number of hydrogen-bond acceptors (Lipinski definition) is 7. The van der Waals surface area contributed by atoms with Crippen molar-refractivity contribution in [2.24, 2.45) is 0 Å². The summed E-state index contributed by atoms with van der Waals surface area (Å²) in [6.45, 7) is 5.07. The predicted molar refractivity (Wildman–Crippen MR) is 122 cm³/mol. The number of hydrogen-bond donors (Lipinski definition) is 4. The molecule has 1 saturated heterocycles. The van der Waals surface area contributed by atoms with Gasteiger partial charge in [-0.15, -0.1) is 11.8 Å². The molecule has 0 spiro atoms. The third-order valence-electron chi connectivity index (χ3n) is 4.48. The van der Waals surface area contributed by atoms with E-state index in [-0.39, 0.29) is 17.6 Å². The summed E-state index contributed by atoms with van der Waals surface area (Å²) in [5.74, 6) is 1.50. The third-order valence-corrected chi connectivity index (χ3v) is 5.48. The van der Waals surface area contributed by atoms with Gasteiger partial charge in [-0.05, 0) is 62.2 Å². The molecule has 1 aliphatic rings. The molecule has 0 saturated carbocycles. The highest BCUT2D eigenvalue weighted by Crippen LogP contribution is 2.17. The lowest BCUT2D eigenvalue weighted by molar-refractivity contribution is -0.125. The summed E-state index contributed by atoms with van der Waals surface area (Å²) in [6, 6.07) is 14.5. The number of amides is 2. The van der Waals surface area contributed by atoms with Crippen LogP contribution in [0.15, 0.2) is 48.5 Å². The number of carbonyl (C=O) groups excluding carboxylic acids is 2. The van der Waals surface area contributed by atoms with Crippen molar-refractivity contribution in [2.75, 3.05) is 24.3 Å². The van der Waals surface area contributed by atoms with Crippen LogP contribution in [-0.2, 0) is 16.0 Å². The minimum atomic E-state index is -0.396. The van der Waals surface area contributed by atoms with Gasteiger partial charge in [-0.25, -0.2) is 10.9 Å². The fourth-order valence-corrected chi connectivity index (χ4v) is 3.76. The van der Waals surface area contributed by atoms with Crippen LogP contribution in [0.3, 0.4) is 0 Å². The summed E-state index contributed by atoms with van der Waals surface area (Å²) in [7, 11) is 0. The first kappa shape index (κ1) is 22.9. The van der Waals surface area contributed by atoms with Gasteiger partial charge in [0, 0.05) is 5.69 Å². The Kier molecular flexibility index (Phi) is 8.57. The minimum Gasteiger partial charge on any atom is -0.494 e. The zero-order valence-electron chi connectivity index (χ0n) is 17.6. The van der Waals surface area contributed by atoms with Crippen LogP contribution in [0, 0.1) is 0 Å². The van der Waals surface area contributed by atoms with E-state index in [4.69, 9.17) is 9.47 Å². The van der Waals surface area contributed by atoms with Gasteiger partial charge < -0.3 is 20.1 Å². The van der Waals surface area contributed by atoms with Crippen molar-refractivity contribution in [1.82, 2.24) is 16.2 Å². The second-order valence-electron chi connectivity index (χ2n) is 6.83. The number of ether oxygens (including phenoxy) is 2. The topological polar surface area (TPSA) is 101 Å². The number of rotatable bonds is 10. The van der Waals surface area contributed by atoms with Gasteiger partial charge in [0.2, 0.25) is 11.8 Å². The normalized spacial score (nSPS) is 18.2. The Hall–Kier alpha value is -2.75. The van der Waals surface area contributed by atoms with Crippen LogP contribution in [-0.4, -0.2) is 42.3 Å². The van der Waals surface area contributed by atoms with Crippen LogP contribution >= 0.6 is 11.8 Å². The molecule has 4 N–H and O–H groups in total. The average molecular weight is 445 g/mol. The van der Waals surface area contributed by atoms with E-state index in [1.165, 1.54) is 11.8 Å². The molecule has 0 aliphatic carbocycles. The van der Waals surface area contributed by atoms with E-state index >= 15 is 0 Å². The van der Waals surface area contributed by atoms with Crippen LogP contribution in [0.5, 0.6) is 11.5 Å². The molecule has 8 nitrogen and oxygen atoms in total. The largest absolute Gasteiger partial charge is 0.494 e. The molecule has 2 aromatic rings. The molecular formula is C22H28N4O4S. The zero-order valence-corrected chi connectivity index (χ0v) is 18.5. The van der Waals surface area contributed by atoms with E-state index in [2.05, 4.69) is 21.5 Å². The Labute approximate surface area is 186 Å². The number of thioether (sulfide) groups is 1. The summed E-state index contributed by atoms with van der Waals surface area (Å²) in [5, 5.41) is 5.72. The molecule has 9 heteroatoms. The highest BCUT2D eigenvalue weighted by Gasteiger charge is 2.27. The van der Waals surface area contributed by atoms with Crippen molar-refractivity contribution in [3.63, 3.8) is 0 Å². The molecule has 31 heavy (non-hydrogen) atoms. The van der Waals surface area contributed by atoms with Crippen molar-refractivity contribution in [1.29, 1.82) is 0 Å². The quantitative estimate of drug-likeness (QED) is 0.446. The molecule has 0 bridgehead atoms. The van der Waals surface area contributed by atoms with Gasteiger partial charge >= 0.3 is 0 Å². The SMILES string of the molecule is CCOc1ccc(CC2NNC(SCC(=O)Nc3ccc(OCC)cc3)NC2=O)cc1. The monoisotopic (exact) mass is 444 g/mol. The van der Waals surface area contributed by atoms with Gasteiger partial charge in [0.25, 0.3) is 0 Å². The van der Waals surface area contributed by atoms with Crippen LogP contribution < -0.4 is 31.0 Å². The first-order valence-electron chi connectivity index (χ1n) is 10.2. The van der Waals surface area contributed by atoms with Crippen molar-refractivity contribution in [2.45, 2.75) is 31.8 Å². The first-order valence-corrected chi connectivity index (χ1v) is 11.3. The molecule has 0 radical (unpaired) electrons. The van der Waals surface area contributed by atoms with Crippen molar-refractivity contribution in [3.8, 4) is 11.5 Å². The lowest BCUT2D eigenvalue weighted by Gasteiger charge is -2.31. The van der Waals surface area contributed by atoms with Crippen LogP contribution in [0.2, 0.25) is 0 Å². The molecule has 166 valence electrons. The molecule has 3 rings (SSSR count). The Morgan fingerprint density at radius 1 is 0.968 bits per heavy atom. The maximum Gasteiger partial charge on any atom is 0.240 e. The molecule has 1 aliphatic heterocycles. The minimum absolute atomic E-state index is 0.114. The van der Waals surface area contributed by atoms with Gasteiger partial charge in [-0.1, -0.05) is 12.1 Å². The lowest BCUT2D eigenvalue weighted by Crippen LogP contribution is -2.64. The second kappa shape index (κ2) is 11.6. The smallest absolute Gasteiger partial charge is 0.240 e. The van der Waals surface area contributed by atoms with Gasteiger partial charge in [-0.3, -0.25) is 9.59 Å². The van der Waals surface area contributed by atoms with E-state index in [9.17, 15) is 9.59 Å². The summed E-state index contributed by atoms with van der Waals surface area (Å²) in [4.78, 5) is 24.6. The fourth-order valence-electron chi connectivity index (χ4n) is 3.02. The second-order valence-corrected chi connectivity index (χ2v) is 7.92. The molecule has 2 unspecified atom stereocenters. The Balaban J connectivity index is 1.40. The maximum atomic E-state index is 12.4. The molecule has 2 aromatic carbocycles. The predicted octanol–water partition coefficient (Wildman–Crippen LogP) is 2.27. The number of benzene rings is 2. The highest BCUT2D eigenvalue weighted by molar-refractivity contribution is 8.00. The van der Waals surface area contributed by atoms with Gasteiger partial charge in [0.1, 0.15) is 23.0 Å². The molecule has 2 amide bonds. The van der Waals surface area contributed by atoms with Crippen LogP contribution in [0.4, 0.5) is 5.69 Å². The third kappa shape index (κ3) is 7.16. The Morgan fingerprint density at radius 2 is 1.58 bits per heavy atom. The van der Waals surface area contributed by atoms with Crippen LogP contribution in [0.25, 0.3) is 0 Å². The van der Waals surface area contributed by atoms with Crippen molar-refractivity contribution < 1.29 is 19.1 Å². The average Bonchev–Trinajstić information content (AvgIpc) is 2.77. The van der Waals surface area contributed by atoms with E-state index in [1.807, 2.05) is 50.2 Å². The standard InChI is InChI=1S/C22H28N4O4S/c1-3-29-17-9-5-15(6-10-17)13-19-21(28)24-22(26-25-19)31-14-20(27)23-16-7-11-18(12-8-16)30-4-2/h5-12,19,22,25-26H,3-4,13-14H2,1-2H3,(H,23,27)(H,24,28). The molecule has 1 fully saturated rings. The van der Waals surface area contributed by atoms with Crippen molar-refractivity contribution in [3.05, 3.63) is 54.1 Å². The number of carbonyl (C=O) groups is 2. The van der Waals surface area contributed by atoms with Gasteiger partial charge in [-0.2, -0.15) is 0 Å². The van der Waals surface area contributed by atoms with Crippen LogP contribution in [0.1, 0.15) is 19.4 Å². The van der Waals surface area contributed by atoms with Gasteiger partial charge in [0.15, 0.2) is 0 Å². The first-order chi connectivity index (χ1) is 15.1. The zero-order chi connectivity index (χ0) is 22.1. The number of anilines is 1. The molecule has 1 heterocycles. The van der Waals surface area contributed by atoms with E-state index in [0.29, 0.717) is 25.3 Å². The fraction of sp³-hybridized carbons (Fsp3) is 0.364. The van der Waals surface area contributed by atoms with E-state index in [0.717, 1.165) is 17.1 Å². The summed E-state index contributed by atoms with van der Waals surface area (Å²) in [6.07, 6.45) is 0.543. The summed E-state index contributed by atoms with van der Waals surface area (Å²) >= 11 is 1.30. The lowest BCUT2D eigenvalue weighted by atomic mass is 10.1. The van der Waals surface area contributed by atoms with E-state index in [1.54, 1.807) is 12.1 Å². The molecular weight excluding hydrogens is 416 g/mol. The molecule has 0 aromatic heterocycles. The van der Waals surface area contributed by atoms with Crippen molar-refractivity contribution >= 4 is 29.3 Å². The summed E-state index contributed by atoms with van der Waals surface area (Å²) in [5.41, 5.74) is 7.42. The van der Waals surface area contributed by atoms with Gasteiger partial charge in [0.05, 0.1) is 19.0 Å². The summed E-state index contributed by atoms with van der Waals surface area (Å²) < 4.78 is 10.8.